The molecule has 0 fully saturated rings. The number of nitrogens with zero attached hydrogens (tertiary/aromatic N) is 1. The Morgan fingerprint density at radius 3 is 2.18 bits per heavy atom. The van der Waals surface area contributed by atoms with Crippen LogP contribution >= 0.6 is 12.2 Å². The van der Waals surface area contributed by atoms with Gasteiger partial charge in [-0.1, -0.05) is 38.2 Å². The van der Waals surface area contributed by atoms with Crippen LogP contribution in [0.2, 0.25) is 0 Å². The molecule has 0 radical (unpaired) electrons. The third kappa shape index (κ3) is 3.82. The zero-order valence-electron chi connectivity index (χ0n) is 10.4. The molecule has 0 aliphatic rings. The maximum Gasteiger partial charge on any atom is 0.253 e. The van der Waals surface area contributed by atoms with Crippen molar-refractivity contribution in [2.75, 3.05) is 13.6 Å². The Labute approximate surface area is 108 Å². The van der Waals surface area contributed by atoms with Crippen LogP contribution in [0.5, 0.6) is 0 Å². The van der Waals surface area contributed by atoms with Crippen LogP contribution in [-0.2, 0) is 0 Å². The summed E-state index contributed by atoms with van der Waals surface area (Å²) in [6.07, 6.45) is 0. The van der Waals surface area contributed by atoms with Crippen LogP contribution in [-0.4, -0.2) is 29.4 Å². The summed E-state index contributed by atoms with van der Waals surface area (Å²) in [6.45, 7) is 4.91. The first-order valence-electron chi connectivity index (χ1n) is 5.57. The molecule has 3 nitrogen and oxygen atoms in total. The maximum atomic E-state index is 12.0. The van der Waals surface area contributed by atoms with E-state index >= 15 is 0 Å². The fraction of sp³-hybridized carbons (Fsp3) is 0.385. The highest BCUT2D eigenvalue weighted by molar-refractivity contribution is 7.80. The van der Waals surface area contributed by atoms with E-state index in [2.05, 4.69) is 13.8 Å². The summed E-state index contributed by atoms with van der Waals surface area (Å²) < 4.78 is 0. The van der Waals surface area contributed by atoms with Gasteiger partial charge in [0, 0.05) is 24.7 Å². The van der Waals surface area contributed by atoms with Gasteiger partial charge in [-0.2, -0.15) is 0 Å². The molecule has 1 amide bonds. The Bertz CT molecular complexity index is 412. The Morgan fingerprint density at radius 1 is 1.29 bits per heavy atom. The summed E-state index contributed by atoms with van der Waals surface area (Å²) in [5, 5.41) is 0. The van der Waals surface area contributed by atoms with Gasteiger partial charge in [0.2, 0.25) is 0 Å². The Kier molecular flexibility index (Phi) is 4.63. The van der Waals surface area contributed by atoms with E-state index in [1.165, 1.54) is 0 Å². The van der Waals surface area contributed by atoms with E-state index in [-0.39, 0.29) is 5.91 Å². The van der Waals surface area contributed by atoms with Crippen LogP contribution in [0.3, 0.4) is 0 Å². The highest BCUT2D eigenvalue weighted by Crippen LogP contribution is 2.08. The lowest BCUT2D eigenvalue weighted by Gasteiger charge is -2.19. The molecule has 1 aromatic carbocycles. The minimum absolute atomic E-state index is 0.0215. The third-order valence-corrected chi connectivity index (χ3v) is 2.64. The Hall–Kier alpha value is -1.42. The lowest BCUT2D eigenvalue weighted by Crippen LogP contribution is -2.30. The quantitative estimate of drug-likeness (QED) is 0.832. The lowest BCUT2D eigenvalue weighted by atomic mass is 10.1. The predicted molar refractivity (Wildman–Crippen MR) is 74.1 cm³/mol. The van der Waals surface area contributed by atoms with Gasteiger partial charge < -0.3 is 10.6 Å². The summed E-state index contributed by atoms with van der Waals surface area (Å²) in [5.74, 6) is 0.480. The SMILES string of the molecule is CC(C)CN(C)C(=O)c1ccc(C(N)=S)cc1. The highest BCUT2D eigenvalue weighted by atomic mass is 32.1. The van der Waals surface area contributed by atoms with Crippen LogP contribution in [0.25, 0.3) is 0 Å². The Morgan fingerprint density at radius 2 is 1.76 bits per heavy atom. The van der Waals surface area contributed by atoms with Gasteiger partial charge in [-0.05, 0) is 18.1 Å². The summed E-state index contributed by atoms with van der Waals surface area (Å²) >= 11 is 4.86. The second kappa shape index (κ2) is 5.77. The average Bonchev–Trinajstić information content (AvgIpc) is 2.27. The predicted octanol–water partition coefficient (Wildman–Crippen LogP) is 2.05. The molecular weight excluding hydrogens is 232 g/mol. The summed E-state index contributed by atoms with van der Waals surface area (Å²) in [4.78, 5) is 14.1. The zero-order chi connectivity index (χ0) is 13.0. The molecule has 0 atom stereocenters. The molecule has 0 aromatic heterocycles. The molecule has 0 unspecified atom stereocenters. The smallest absolute Gasteiger partial charge is 0.253 e. The number of thiocarbonyl (C=S) groups is 1. The second-order valence-electron chi connectivity index (χ2n) is 4.52. The third-order valence-electron chi connectivity index (χ3n) is 2.40. The van der Waals surface area contributed by atoms with Gasteiger partial charge >= 0.3 is 0 Å². The minimum atomic E-state index is 0.0215. The molecule has 0 saturated carbocycles. The van der Waals surface area contributed by atoms with Crippen LogP contribution < -0.4 is 5.73 Å². The number of amides is 1. The van der Waals surface area contributed by atoms with Crippen LogP contribution in [0.15, 0.2) is 24.3 Å². The van der Waals surface area contributed by atoms with E-state index in [0.29, 0.717) is 16.5 Å². The fourth-order valence-electron chi connectivity index (χ4n) is 1.63. The van der Waals surface area contributed by atoms with E-state index in [0.717, 1.165) is 12.1 Å². The normalized spacial score (nSPS) is 10.4. The fourth-order valence-corrected chi connectivity index (χ4v) is 1.76. The number of nitrogens with two attached hydrogens (primary N) is 1. The molecule has 17 heavy (non-hydrogen) atoms. The maximum absolute atomic E-state index is 12.0. The van der Waals surface area contributed by atoms with Crippen LogP contribution in [0, 0.1) is 5.92 Å². The van der Waals surface area contributed by atoms with Crippen molar-refractivity contribution in [3.8, 4) is 0 Å². The first-order chi connectivity index (χ1) is 7.91. The van der Waals surface area contributed by atoms with Gasteiger partial charge in [0.05, 0.1) is 0 Å². The molecule has 2 N–H and O–H groups in total. The van der Waals surface area contributed by atoms with Crippen molar-refractivity contribution in [1.82, 2.24) is 4.90 Å². The average molecular weight is 250 g/mol. The number of hydrogen-bond acceptors (Lipinski definition) is 2. The molecule has 1 rings (SSSR count). The Balaban J connectivity index is 2.79. The van der Waals surface area contributed by atoms with E-state index < -0.39 is 0 Å². The zero-order valence-corrected chi connectivity index (χ0v) is 11.3. The second-order valence-corrected chi connectivity index (χ2v) is 4.96. The van der Waals surface area contributed by atoms with Crippen molar-refractivity contribution < 1.29 is 4.79 Å². The van der Waals surface area contributed by atoms with Crippen molar-refractivity contribution in [2.24, 2.45) is 11.7 Å². The molecule has 0 aliphatic heterocycles. The minimum Gasteiger partial charge on any atom is -0.389 e. The molecular formula is C13H18N2OS. The number of benzene rings is 1. The van der Waals surface area contributed by atoms with Crippen molar-refractivity contribution >= 4 is 23.1 Å². The van der Waals surface area contributed by atoms with Gasteiger partial charge in [-0.15, -0.1) is 0 Å². The first kappa shape index (κ1) is 13.6. The summed E-state index contributed by atoms with van der Waals surface area (Å²) in [7, 11) is 1.81. The van der Waals surface area contributed by atoms with E-state index in [1.54, 1.807) is 29.2 Å². The van der Waals surface area contributed by atoms with Crippen molar-refractivity contribution in [3.05, 3.63) is 35.4 Å². The van der Waals surface area contributed by atoms with Crippen LogP contribution in [0.1, 0.15) is 29.8 Å². The largest absolute Gasteiger partial charge is 0.389 e. The molecule has 4 heteroatoms. The molecule has 0 heterocycles. The van der Waals surface area contributed by atoms with Gasteiger partial charge in [-0.3, -0.25) is 4.79 Å². The van der Waals surface area contributed by atoms with Crippen LogP contribution in [0.4, 0.5) is 0 Å². The molecule has 1 aromatic rings. The van der Waals surface area contributed by atoms with Crippen molar-refractivity contribution in [3.63, 3.8) is 0 Å². The molecule has 0 aliphatic carbocycles. The molecule has 0 saturated heterocycles. The number of rotatable bonds is 4. The molecule has 0 bridgehead atoms. The lowest BCUT2D eigenvalue weighted by molar-refractivity contribution is 0.0779. The van der Waals surface area contributed by atoms with E-state index in [4.69, 9.17) is 18.0 Å². The van der Waals surface area contributed by atoms with Gasteiger partial charge in [0.15, 0.2) is 0 Å². The standard InChI is InChI=1S/C13H18N2OS/c1-9(2)8-15(3)13(16)11-6-4-10(5-7-11)12(14)17/h4-7,9H,8H2,1-3H3,(H2,14,17). The van der Waals surface area contributed by atoms with E-state index in [1.807, 2.05) is 7.05 Å². The summed E-state index contributed by atoms with van der Waals surface area (Å²) in [6, 6.07) is 7.07. The van der Waals surface area contributed by atoms with Gasteiger partial charge in [0.25, 0.3) is 5.91 Å². The molecule has 0 spiro atoms. The number of hydrogen-bond donors (Lipinski definition) is 1. The van der Waals surface area contributed by atoms with Crippen molar-refractivity contribution in [2.45, 2.75) is 13.8 Å². The number of carbonyl (C=O) groups excluding carboxylic acids is 1. The van der Waals surface area contributed by atoms with Gasteiger partial charge in [-0.25, -0.2) is 0 Å². The van der Waals surface area contributed by atoms with Gasteiger partial charge in [0.1, 0.15) is 4.99 Å². The molecule has 92 valence electrons. The number of carbonyl (C=O) groups is 1. The van der Waals surface area contributed by atoms with Crippen molar-refractivity contribution in [1.29, 1.82) is 0 Å². The summed E-state index contributed by atoms with van der Waals surface area (Å²) in [5.41, 5.74) is 6.94. The topological polar surface area (TPSA) is 46.3 Å². The highest BCUT2D eigenvalue weighted by Gasteiger charge is 2.12. The first-order valence-corrected chi connectivity index (χ1v) is 5.98. The van der Waals surface area contributed by atoms with E-state index in [9.17, 15) is 4.79 Å². The monoisotopic (exact) mass is 250 g/mol.